The third-order valence-electron chi connectivity index (χ3n) is 7.90. The quantitative estimate of drug-likeness (QED) is 0.596. The predicted octanol–water partition coefficient (Wildman–Crippen LogP) is 4.80. The number of ether oxygens (including phenoxy) is 1. The maximum absolute atomic E-state index is 13.5. The summed E-state index contributed by atoms with van der Waals surface area (Å²) in [7, 11) is 0. The Kier molecular flexibility index (Phi) is 6.62. The summed E-state index contributed by atoms with van der Waals surface area (Å²) in [5.41, 5.74) is 2.68. The molecule has 2 aromatic carbocycles. The molecule has 0 aromatic heterocycles. The van der Waals surface area contributed by atoms with Crippen molar-refractivity contribution in [2.75, 3.05) is 13.2 Å². The summed E-state index contributed by atoms with van der Waals surface area (Å²) in [4.78, 5) is 39.3. The van der Waals surface area contributed by atoms with E-state index in [0.29, 0.717) is 13.0 Å². The van der Waals surface area contributed by atoms with E-state index in [1.54, 1.807) is 32.6 Å². The number of likely N-dealkylation sites (tertiary alicyclic amines) is 1. The summed E-state index contributed by atoms with van der Waals surface area (Å²) < 4.78 is 5.70. The summed E-state index contributed by atoms with van der Waals surface area (Å²) in [5, 5.41) is 12.1. The number of hydrogen-bond acceptors (Lipinski definition) is 4. The first-order valence-electron chi connectivity index (χ1n) is 12.2. The summed E-state index contributed by atoms with van der Waals surface area (Å²) in [6.45, 7) is 7.89. The van der Waals surface area contributed by atoms with Gasteiger partial charge in [-0.15, -0.1) is 0 Å². The van der Waals surface area contributed by atoms with Gasteiger partial charge in [-0.2, -0.15) is 0 Å². The lowest BCUT2D eigenvalue weighted by Gasteiger charge is -2.43. The van der Waals surface area contributed by atoms with Crippen molar-refractivity contribution in [3.05, 3.63) is 59.7 Å². The van der Waals surface area contributed by atoms with Gasteiger partial charge in [0.15, 0.2) is 0 Å². The van der Waals surface area contributed by atoms with E-state index in [1.165, 1.54) is 0 Å². The first-order chi connectivity index (χ1) is 16.5. The summed E-state index contributed by atoms with van der Waals surface area (Å²) in [5.74, 6) is -1.12. The molecule has 2 N–H and O–H groups in total. The highest BCUT2D eigenvalue weighted by Crippen LogP contribution is 2.44. The number of fused-ring (bicyclic) bond motifs is 3. The average Bonchev–Trinajstić information content (AvgIpc) is 3.38. The fraction of sp³-hybridized carbons (Fsp3) is 0.464. The second-order valence-corrected chi connectivity index (χ2v) is 10.6. The van der Waals surface area contributed by atoms with Gasteiger partial charge in [-0.1, -0.05) is 48.5 Å². The van der Waals surface area contributed by atoms with Crippen LogP contribution in [0.4, 0.5) is 4.79 Å². The molecule has 7 nitrogen and oxygen atoms in total. The van der Waals surface area contributed by atoms with E-state index in [2.05, 4.69) is 29.6 Å². The number of carbonyl (C=O) groups excluding carboxylic acids is 2. The maximum Gasteiger partial charge on any atom is 0.407 e. The largest absolute Gasteiger partial charge is 0.481 e. The number of carboxylic acids is 1. The molecule has 0 bridgehead atoms. The van der Waals surface area contributed by atoms with E-state index in [1.807, 2.05) is 24.3 Å². The number of nitrogens with one attached hydrogen (secondary N) is 1. The zero-order chi connectivity index (χ0) is 25.4. The first kappa shape index (κ1) is 24.8. The highest BCUT2D eigenvalue weighted by atomic mass is 16.5. The lowest BCUT2D eigenvalue weighted by Crippen LogP contribution is -2.60. The molecule has 1 aliphatic carbocycles. The van der Waals surface area contributed by atoms with Gasteiger partial charge in [0, 0.05) is 18.5 Å². The fourth-order valence-corrected chi connectivity index (χ4v) is 5.19. The van der Waals surface area contributed by atoms with Gasteiger partial charge in [0.2, 0.25) is 5.91 Å². The number of nitrogens with zero attached hydrogens (tertiary/aromatic N) is 1. The number of alkyl carbamates (subject to hydrolysis) is 1. The van der Waals surface area contributed by atoms with Crippen molar-refractivity contribution in [2.24, 2.45) is 5.41 Å². The van der Waals surface area contributed by atoms with Gasteiger partial charge in [0.25, 0.3) is 0 Å². The van der Waals surface area contributed by atoms with E-state index < -0.39 is 23.0 Å². The molecule has 1 fully saturated rings. The lowest BCUT2D eigenvalue weighted by molar-refractivity contribution is -0.147. The van der Waals surface area contributed by atoms with Crippen molar-refractivity contribution in [1.29, 1.82) is 0 Å². The Hall–Kier alpha value is -3.35. The Bertz CT molecular complexity index is 1090. The van der Waals surface area contributed by atoms with Crippen LogP contribution in [-0.4, -0.2) is 52.7 Å². The smallest absolute Gasteiger partial charge is 0.407 e. The highest BCUT2D eigenvalue weighted by Gasteiger charge is 2.48. The molecule has 0 saturated carbocycles. The third-order valence-corrected chi connectivity index (χ3v) is 7.90. The number of hydrogen-bond donors (Lipinski definition) is 2. The van der Waals surface area contributed by atoms with Crippen LogP contribution in [0.25, 0.3) is 11.1 Å². The van der Waals surface area contributed by atoms with E-state index in [-0.39, 0.29) is 30.9 Å². The molecule has 0 radical (unpaired) electrons. The average molecular weight is 479 g/mol. The number of carbonyl (C=O) groups is 3. The monoisotopic (exact) mass is 478 g/mol. The number of rotatable bonds is 7. The van der Waals surface area contributed by atoms with Crippen molar-refractivity contribution >= 4 is 18.0 Å². The third kappa shape index (κ3) is 4.64. The molecule has 1 heterocycles. The SMILES string of the molecule is CC(C)(NC(=O)OCC1c2ccccc2-c2ccccc21)C(C)(C)C(=O)N1CCC[C@@H]1CC(=O)O. The molecular weight excluding hydrogens is 444 g/mol. The number of benzene rings is 2. The van der Waals surface area contributed by atoms with Crippen LogP contribution in [0.3, 0.4) is 0 Å². The van der Waals surface area contributed by atoms with Gasteiger partial charge in [0.05, 0.1) is 17.4 Å². The minimum absolute atomic E-state index is 0.0488. The first-order valence-corrected chi connectivity index (χ1v) is 12.2. The minimum atomic E-state index is -0.973. The molecule has 7 heteroatoms. The predicted molar refractivity (Wildman–Crippen MR) is 133 cm³/mol. The van der Waals surface area contributed by atoms with Gasteiger partial charge in [-0.25, -0.2) is 4.79 Å². The van der Waals surface area contributed by atoms with Crippen LogP contribution >= 0.6 is 0 Å². The Labute approximate surface area is 206 Å². The van der Waals surface area contributed by atoms with Crippen LogP contribution in [0.15, 0.2) is 48.5 Å². The molecule has 2 amide bonds. The van der Waals surface area contributed by atoms with Crippen LogP contribution in [0.1, 0.15) is 64.0 Å². The van der Waals surface area contributed by atoms with E-state index in [0.717, 1.165) is 28.7 Å². The number of amides is 2. The standard InChI is InChI=1S/C28H34N2O5/c1-27(2,25(33)30-15-9-10-18(30)16-24(31)32)28(3,4)29-26(34)35-17-23-21-13-7-5-11-19(21)20-12-6-8-14-22(20)23/h5-8,11-14,18,23H,9-10,15-17H2,1-4H3,(H,29,34)(H,31,32)/t18-/m1/s1. The molecule has 0 unspecified atom stereocenters. The molecule has 2 aliphatic rings. The molecule has 1 aliphatic heterocycles. The topological polar surface area (TPSA) is 95.9 Å². The zero-order valence-corrected chi connectivity index (χ0v) is 20.8. The second-order valence-electron chi connectivity index (χ2n) is 10.6. The van der Waals surface area contributed by atoms with Crippen LogP contribution in [0, 0.1) is 5.41 Å². The van der Waals surface area contributed by atoms with Gasteiger partial charge in [0.1, 0.15) is 6.61 Å². The Morgan fingerprint density at radius 3 is 2.14 bits per heavy atom. The molecule has 1 saturated heterocycles. The van der Waals surface area contributed by atoms with Gasteiger partial charge < -0.3 is 20.1 Å². The molecule has 2 aromatic rings. The van der Waals surface area contributed by atoms with Gasteiger partial charge >= 0.3 is 12.1 Å². The van der Waals surface area contributed by atoms with Crippen molar-refractivity contribution < 1.29 is 24.2 Å². The van der Waals surface area contributed by atoms with Crippen molar-refractivity contribution in [2.45, 2.75) is 64.5 Å². The minimum Gasteiger partial charge on any atom is -0.481 e. The fourth-order valence-electron chi connectivity index (χ4n) is 5.19. The molecule has 0 spiro atoms. The molecular formula is C28H34N2O5. The highest BCUT2D eigenvalue weighted by molar-refractivity contribution is 5.85. The molecule has 186 valence electrons. The van der Waals surface area contributed by atoms with Crippen LogP contribution < -0.4 is 5.32 Å². The van der Waals surface area contributed by atoms with E-state index in [4.69, 9.17) is 4.74 Å². The number of aliphatic carboxylic acids is 1. The van der Waals surface area contributed by atoms with Crippen LogP contribution in [0.2, 0.25) is 0 Å². The summed E-state index contributed by atoms with van der Waals surface area (Å²) in [6, 6.07) is 16.0. The van der Waals surface area contributed by atoms with E-state index >= 15 is 0 Å². The Morgan fingerprint density at radius 1 is 1.00 bits per heavy atom. The normalized spacial score (nSPS) is 17.6. The summed E-state index contributed by atoms with van der Waals surface area (Å²) >= 11 is 0. The van der Waals surface area contributed by atoms with Gasteiger partial charge in [-0.3, -0.25) is 9.59 Å². The maximum atomic E-state index is 13.5. The van der Waals surface area contributed by atoms with Crippen LogP contribution in [0.5, 0.6) is 0 Å². The Balaban J connectivity index is 1.43. The Morgan fingerprint density at radius 2 is 1.57 bits per heavy atom. The van der Waals surface area contributed by atoms with Crippen molar-refractivity contribution in [3.63, 3.8) is 0 Å². The van der Waals surface area contributed by atoms with Crippen LogP contribution in [-0.2, 0) is 14.3 Å². The molecule has 1 atom stereocenters. The number of carboxylic acid groups (broad SMARTS) is 1. The van der Waals surface area contributed by atoms with E-state index in [9.17, 15) is 19.5 Å². The van der Waals surface area contributed by atoms with Gasteiger partial charge in [-0.05, 0) is 62.8 Å². The molecule has 35 heavy (non-hydrogen) atoms. The second kappa shape index (κ2) is 9.36. The van der Waals surface area contributed by atoms with Crippen molar-refractivity contribution in [1.82, 2.24) is 10.2 Å². The summed E-state index contributed by atoms with van der Waals surface area (Å²) in [6.07, 6.45) is 0.803. The molecule has 4 rings (SSSR count). The lowest BCUT2D eigenvalue weighted by atomic mass is 9.73. The zero-order valence-electron chi connectivity index (χ0n) is 20.8. The van der Waals surface area contributed by atoms with Crippen molar-refractivity contribution in [3.8, 4) is 11.1 Å².